The number of hydrogen-bond acceptors (Lipinski definition) is 4. The third kappa shape index (κ3) is 5.19. The van der Waals surface area contributed by atoms with Crippen molar-refractivity contribution < 1.29 is 9.47 Å². The van der Waals surface area contributed by atoms with Crippen LogP contribution < -0.4 is 15.9 Å². The van der Waals surface area contributed by atoms with Crippen LogP contribution >= 0.6 is 7.92 Å². The van der Waals surface area contributed by atoms with Crippen LogP contribution in [-0.2, 0) is 9.47 Å². The Kier molecular flexibility index (Phi) is 7.15. The zero-order valence-corrected chi connectivity index (χ0v) is 23.4. The molecule has 2 heterocycles. The van der Waals surface area contributed by atoms with Crippen molar-refractivity contribution in [2.45, 2.75) is 12.1 Å². The summed E-state index contributed by atoms with van der Waals surface area (Å²) in [5.41, 5.74) is 4.40. The second-order valence-corrected chi connectivity index (χ2v) is 12.2. The van der Waals surface area contributed by atoms with E-state index in [0.29, 0.717) is 25.0 Å². The fourth-order valence-corrected chi connectivity index (χ4v) is 8.00. The minimum atomic E-state index is -0.979. The average molecular weight is 553 g/mol. The molecule has 2 aliphatic rings. The van der Waals surface area contributed by atoms with Gasteiger partial charge in [0, 0.05) is 11.1 Å². The van der Waals surface area contributed by atoms with Crippen LogP contribution in [0.5, 0.6) is 0 Å². The zero-order chi connectivity index (χ0) is 27.4. The van der Waals surface area contributed by atoms with E-state index in [4.69, 9.17) is 19.5 Å². The van der Waals surface area contributed by atoms with Crippen molar-refractivity contribution in [1.82, 2.24) is 0 Å². The number of rotatable bonds is 7. The van der Waals surface area contributed by atoms with Crippen molar-refractivity contribution in [1.29, 1.82) is 0 Å². The van der Waals surface area contributed by atoms with Crippen molar-refractivity contribution in [3.8, 4) is 0 Å². The van der Waals surface area contributed by atoms with Gasteiger partial charge in [-0.15, -0.1) is 0 Å². The lowest BCUT2D eigenvalue weighted by Gasteiger charge is -2.24. The van der Waals surface area contributed by atoms with E-state index in [1.807, 2.05) is 12.1 Å². The van der Waals surface area contributed by atoms with Crippen molar-refractivity contribution >= 4 is 35.6 Å². The van der Waals surface area contributed by atoms with Gasteiger partial charge in [0.15, 0.2) is 0 Å². The molecule has 0 fully saturated rings. The molecule has 2 atom stereocenters. The molecule has 0 saturated carbocycles. The molecule has 0 radical (unpaired) electrons. The molecule has 0 bridgehead atoms. The topological polar surface area (TPSA) is 43.2 Å². The predicted molar refractivity (Wildman–Crippen MR) is 168 cm³/mol. The summed E-state index contributed by atoms with van der Waals surface area (Å²) in [6, 6.07) is 48.5. The summed E-state index contributed by atoms with van der Waals surface area (Å²) in [6.45, 7) is 1.08. The summed E-state index contributed by atoms with van der Waals surface area (Å²) in [5.74, 6) is 1.41. The molecule has 0 amide bonds. The molecule has 5 aromatic carbocycles. The first-order chi connectivity index (χ1) is 20.3. The van der Waals surface area contributed by atoms with Gasteiger partial charge in [-0.1, -0.05) is 127 Å². The second kappa shape index (κ2) is 11.5. The number of ether oxygens (including phenoxy) is 2. The number of hydrogen-bond donors (Lipinski definition) is 0. The maximum atomic E-state index is 6.27. The summed E-state index contributed by atoms with van der Waals surface area (Å²) in [6.07, 6.45) is 0. The van der Waals surface area contributed by atoms with Crippen LogP contribution in [0.1, 0.15) is 34.3 Å². The Balaban J connectivity index is 1.33. The highest BCUT2D eigenvalue weighted by Gasteiger charge is 2.30. The monoisotopic (exact) mass is 552 g/mol. The first-order valence-corrected chi connectivity index (χ1v) is 15.2. The molecular weight excluding hydrogens is 523 g/mol. The Morgan fingerprint density at radius 2 is 0.854 bits per heavy atom. The molecule has 0 unspecified atom stereocenters. The second-order valence-electron chi connectivity index (χ2n) is 10.0. The third-order valence-electron chi connectivity index (χ3n) is 7.44. The molecule has 2 aliphatic heterocycles. The molecule has 5 aromatic rings. The summed E-state index contributed by atoms with van der Waals surface area (Å²) in [4.78, 5) is 10.1. The highest BCUT2D eigenvalue weighted by atomic mass is 31.1. The van der Waals surface area contributed by atoms with Gasteiger partial charge in [0.2, 0.25) is 11.8 Å². The molecule has 200 valence electrons. The van der Waals surface area contributed by atoms with Gasteiger partial charge in [-0.25, -0.2) is 9.98 Å². The lowest BCUT2D eigenvalue weighted by atomic mass is 10.1. The maximum Gasteiger partial charge on any atom is 0.217 e. The van der Waals surface area contributed by atoms with Gasteiger partial charge in [-0.05, 0) is 47.1 Å². The van der Waals surface area contributed by atoms with Gasteiger partial charge in [-0.2, -0.15) is 0 Å². The molecule has 0 aromatic heterocycles. The Morgan fingerprint density at radius 3 is 1.32 bits per heavy atom. The third-order valence-corrected chi connectivity index (χ3v) is 9.99. The van der Waals surface area contributed by atoms with Gasteiger partial charge >= 0.3 is 0 Å². The van der Waals surface area contributed by atoms with Crippen molar-refractivity contribution in [2.24, 2.45) is 9.98 Å². The average Bonchev–Trinajstić information content (AvgIpc) is 3.75. The molecule has 7 rings (SSSR count). The van der Waals surface area contributed by atoms with E-state index in [1.54, 1.807) is 0 Å². The molecule has 5 heteroatoms. The summed E-state index contributed by atoms with van der Waals surface area (Å²) in [7, 11) is -0.979. The van der Waals surface area contributed by atoms with E-state index >= 15 is 0 Å². The number of aliphatic imine (C=N–C) groups is 2. The highest BCUT2D eigenvalue weighted by molar-refractivity contribution is 7.80. The Bertz CT molecular complexity index is 1600. The SMILES string of the molecule is c1ccc([C@@H]2COC(c3ccccc3P(c3ccccc3)c3ccccc3C3=N[C@H](c4ccccc4)CO3)=N2)cc1. The van der Waals surface area contributed by atoms with Gasteiger partial charge in [-0.3, -0.25) is 0 Å². The highest BCUT2D eigenvalue weighted by Crippen LogP contribution is 2.38. The lowest BCUT2D eigenvalue weighted by Crippen LogP contribution is -2.28. The molecular formula is C36H29N2O2P. The molecule has 0 saturated heterocycles. The van der Waals surface area contributed by atoms with Crippen LogP contribution in [0.25, 0.3) is 0 Å². The Morgan fingerprint density at radius 1 is 0.463 bits per heavy atom. The minimum Gasteiger partial charge on any atom is -0.475 e. The van der Waals surface area contributed by atoms with Gasteiger partial charge < -0.3 is 9.47 Å². The van der Waals surface area contributed by atoms with E-state index < -0.39 is 7.92 Å². The molecule has 4 nitrogen and oxygen atoms in total. The molecule has 41 heavy (non-hydrogen) atoms. The smallest absolute Gasteiger partial charge is 0.217 e. The quantitative estimate of drug-likeness (QED) is 0.217. The molecule has 0 aliphatic carbocycles. The fraction of sp³-hybridized carbons (Fsp3) is 0.111. The van der Waals surface area contributed by atoms with Crippen LogP contribution in [0.15, 0.2) is 150 Å². The zero-order valence-electron chi connectivity index (χ0n) is 22.5. The van der Waals surface area contributed by atoms with Crippen molar-refractivity contribution in [2.75, 3.05) is 13.2 Å². The normalized spacial score (nSPS) is 18.0. The summed E-state index contributed by atoms with van der Waals surface area (Å²) in [5, 5.41) is 3.65. The van der Waals surface area contributed by atoms with E-state index in [1.165, 1.54) is 27.0 Å². The van der Waals surface area contributed by atoms with Crippen molar-refractivity contribution in [3.63, 3.8) is 0 Å². The minimum absolute atomic E-state index is 0.00865. The largest absolute Gasteiger partial charge is 0.475 e. The summed E-state index contributed by atoms with van der Waals surface area (Å²) < 4.78 is 12.5. The summed E-state index contributed by atoms with van der Waals surface area (Å²) >= 11 is 0. The van der Waals surface area contributed by atoms with E-state index in [9.17, 15) is 0 Å². The number of benzene rings is 5. The van der Waals surface area contributed by atoms with E-state index in [2.05, 4.69) is 127 Å². The van der Waals surface area contributed by atoms with Crippen LogP contribution in [0.2, 0.25) is 0 Å². The van der Waals surface area contributed by atoms with Crippen LogP contribution in [0.4, 0.5) is 0 Å². The van der Waals surface area contributed by atoms with Gasteiger partial charge in [0.25, 0.3) is 0 Å². The first kappa shape index (κ1) is 25.4. The van der Waals surface area contributed by atoms with E-state index in [0.717, 1.165) is 11.1 Å². The van der Waals surface area contributed by atoms with Crippen LogP contribution in [0, 0.1) is 0 Å². The predicted octanol–water partition coefficient (Wildman–Crippen LogP) is 6.48. The molecule has 0 N–H and O–H groups in total. The standard InChI is InChI=1S/C36H29N2O2P/c1-4-14-26(15-5-1)31-24-39-35(37-31)29-20-10-12-22-33(29)41(28-18-8-3-9-19-28)34-23-13-11-21-30(34)36-38-32(25-40-36)27-16-6-2-7-17-27/h1-23,31-32H,24-25H2/t31-,32-/m0/s1. The van der Waals surface area contributed by atoms with Crippen LogP contribution in [0.3, 0.4) is 0 Å². The maximum absolute atomic E-state index is 6.27. The Hall–Kier alpha value is -4.53. The van der Waals surface area contributed by atoms with E-state index in [-0.39, 0.29) is 12.1 Å². The fourth-order valence-electron chi connectivity index (χ4n) is 5.42. The van der Waals surface area contributed by atoms with Crippen LogP contribution in [-0.4, -0.2) is 25.0 Å². The first-order valence-electron chi connectivity index (χ1n) is 13.9. The number of nitrogens with zero attached hydrogens (tertiary/aromatic N) is 2. The Labute approximate surface area is 241 Å². The molecule has 0 spiro atoms. The van der Waals surface area contributed by atoms with Gasteiger partial charge in [0.05, 0.1) is 0 Å². The lowest BCUT2D eigenvalue weighted by molar-refractivity contribution is 0.320. The van der Waals surface area contributed by atoms with Gasteiger partial charge in [0.1, 0.15) is 25.3 Å². The van der Waals surface area contributed by atoms with Crippen molar-refractivity contribution in [3.05, 3.63) is 162 Å².